The van der Waals surface area contributed by atoms with E-state index in [-0.39, 0.29) is 0 Å². The zero-order valence-electron chi connectivity index (χ0n) is 16.5. The van der Waals surface area contributed by atoms with Crippen LogP contribution < -0.4 is 0 Å². The van der Waals surface area contributed by atoms with Crippen molar-refractivity contribution in [1.82, 2.24) is 0 Å². The molecule has 0 N–H and O–H groups in total. The molecule has 0 heterocycles. The van der Waals surface area contributed by atoms with Crippen LogP contribution in [0.3, 0.4) is 0 Å². The molecule has 0 amide bonds. The van der Waals surface area contributed by atoms with Crippen LogP contribution in [0.1, 0.15) is 22.3 Å². The van der Waals surface area contributed by atoms with Crippen molar-refractivity contribution in [1.29, 1.82) is 0 Å². The SMILES string of the molecule is c1ccc2c(c1)Cc1cc3c(cc1-2)Cc1c-3cc2ccc3cccc4ccc1c2c34. The van der Waals surface area contributed by atoms with Gasteiger partial charge in [-0.05, 0) is 108 Å². The number of fused-ring (bicyclic) bond motifs is 7. The molecule has 0 saturated carbocycles. The lowest BCUT2D eigenvalue weighted by molar-refractivity contribution is 1.25. The lowest BCUT2D eigenvalue weighted by Gasteiger charge is -2.14. The van der Waals surface area contributed by atoms with E-state index >= 15 is 0 Å². The second kappa shape index (κ2) is 5.09. The Morgan fingerprint density at radius 3 is 2.07 bits per heavy atom. The maximum Gasteiger partial charge on any atom is -0.000705 e. The summed E-state index contributed by atoms with van der Waals surface area (Å²) in [6.45, 7) is 0. The summed E-state index contributed by atoms with van der Waals surface area (Å²) in [4.78, 5) is 0. The molecule has 0 spiro atoms. The molecule has 0 saturated heterocycles. The van der Waals surface area contributed by atoms with Gasteiger partial charge in [-0.2, -0.15) is 0 Å². The van der Waals surface area contributed by atoms with Crippen molar-refractivity contribution < 1.29 is 0 Å². The molecule has 0 unspecified atom stereocenters. The summed E-state index contributed by atoms with van der Waals surface area (Å²) < 4.78 is 0. The Labute approximate surface area is 174 Å². The van der Waals surface area contributed by atoms with Gasteiger partial charge in [-0.15, -0.1) is 0 Å². The van der Waals surface area contributed by atoms with Gasteiger partial charge in [0.15, 0.2) is 0 Å². The molecule has 0 bridgehead atoms. The fourth-order valence-electron chi connectivity index (χ4n) is 6.12. The Balaban J connectivity index is 1.44. The van der Waals surface area contributed by atoms with E-state index in [4.69, 9.17) is 0 Å². The molecule has 0 fully saturated rings. The molecule has 30 heavy (non-hydrogen) atoms. The first-order chi connectivity index (χ1) is 14.8. The Hall–Kier alpha value is -3.64. The third-order valence-corrected chi connectivity index (χ3v) is 7.43. The van der Waals surface area contributed by atoms with Gasteiger partial charge in [0.25, 0.3) is 0 Å². The summed E-state index contributed by atoms with van der Waals surface area (Å²) >= 11 is 0. The Morgan fingerprint density at radius 2 is 1.17 bits per heavy atom. The van der Waals surface area contributed by atoms with Crippen LogP contribution in [0.15, 0.2) is 84.9 Å². The zero-order chi connectivity index (χ0) is 19.4. The normalized spacial score (nSPS) is 13.7. The summed E-state index contributed by atoms with van der Waals surface area (Å²) in [5, 5.41) is 8.35. The summed E-state index contributed by atoms with van der Waals surface area (Å²) in [5.74, 6) is 0. The molecule has 0 atom stereocenters. The molecule has 6 aromatic rings. The first kappa shape index (κ1) is 15.2. The molecule has 6 aromatic carbocycles. The summed E-state index contributed by atoms with van der Waals surface area (Å²) in [7, 11) is 0. The fraction of sp³-hybridized carbons (Fsp3) is 0.0667. The van der Waals surface area contributed by atoms with E-state index in [1.165, 1.54) is 76.8 Å². The predicted molar refractivity (Wildman–Crippen MR) is 127 cm³/mol. The first-order valence-corrected chi connectivity index (χ1v) is 10.8. The van der Waals surface area contributed by atoms with E-state index < -0.39 is 0 Å². The number of rotatable bonds is 0. The van der Waals surface area contributed by atoms with Crippen molar-refractivity contribution in [2.24, 2.45) is 0 Å². The Kier molecular flexibility index (Phi) is 2.59. The molecule has 138 valence electrons. The van der Waals surface area contributed by atoms with Crippen molar-refractivity contribution in [3.8, 4) is 22.3 Å². The quantitative estimate of drug-likeness (QED) is 0.237. The minimum atomic E-state index is 1.04. The van der Waals surface area contributed by atoms with Crippen molar-refractivity contribution >= 4 is 32.3 Å². The highest BCUT2D eigenvalue weighted by atomic mass is 14.3. The molecule has 8 rings (SSSR count). The monoisotopic (exact) mass is 378 g/mol. The lowest BCUT2D eigenvalue weighted by Crippen LogP contribution is -1.89. The van der Waals surface area contributed by atoms with Crippen LogP contribution in [-0.4, -0.2) is 0 Å². The number of hydrogen-bond donors (Lipinski definition) is 0. The van der Waals surface area contributed by atoms with Gasteiger partial charge in [0.2, 0.25) is 0 Å². The van der Waals surface area contributed by atoms with E-state index in [2.05, 4.69) is 84.9 Å². The van der Waals surface area contributed by atoms with Crippen molar-refractivity contribution in [2.75, 3.05) is 0 Å². The average Bonchev–Trinajstić information content (AvgIpc) is 3.33. The van der Waals surface area contributed by atoms with E-state index in [0.717, 1.165) is 12.8 Å². The van der Waals surface area contributed by atoms with Crippen LogP contribution in [0.2, 0.25) is 0 Å². The lowest BCUT2D eigenvalue weighted by atomic mass is 9.89. The predicted octanol–water partition coefficient (Wildman–Crippen LogP) is 7.73. The molecule has 2 aliphatic carbocycles. The first-order valence-electron chi connectivity index (χ1n) is 10.8. The van der Waals surface area contributed by atoms with Gasteiger partial charge in [0.05, 0.1) is 0 Å². The average molecular weight is 378 g/mol. The van der Waals surface area contributed by atoms with Crippen LogP contribution >= 0.6 is 0 Å². The van der Waals surface area contributed by atoms with Gasteiger partial charge < -0.3 is 0 Å². The molecule has 0 aromatic heterocycles. The van der Waals surface area contributed by atoms with Crippen LogP contribution in [0, 0.1) is 0 Å². The molecular weight excluding hydrogens is 360 g/mol. The van der Waals surface area contributed by atoms with E-state index in [0.29, 0.717) is 0 Å². The smallest absolute Gasteiger partial charge is 0.000705 e. The molecule has 0 nitrogen and oxygen atoms in total. The Morgan fingerprint density at radius 1 is 0.433 bits per heavy atom. The van der Waals surface area contributed by atoms with E-state index in [1.807, 2.05) is 0 Å². The highest BCUT2D eigenvalue weighted by Crippen LogP contribution is 2.48. The van der Waals surface area contributed by atoms with Crippen molar-refractivity contribution in [3.05, 3.63) is 107 Å². The van der Waals surface area contributed by atoms with Crippen molar-refractivity contribution in [2.45, 2.75) is 12.8 Å². The van der Waals surface area contributed by atoms with Gasteiger partial charge in [0.1, 0.15) is 0 Å². The second-order valence-corrected chi connectivity index (χ2v) is 8.94. The van der Waals surface area contributed by atoms with Gasteiger partial charge in [-0.25, -0.2) is 0 Å². The minimum absolute atomic E-state index is 1.04. The molecule has 2 aliphatic rings. The zero-order valence-corrected chi connectivity index (χ0v) is 16.5. The summed E-state index contributed by atoms with van der Waals surface area (Å²) in [6.07, 6.45) is 2.09. The maximum absolute atomic E-state index is 2.48. The van der Waals surface area contributed by atoms with Gasteiger partial charge in [-0.1, -0.05) is 66.7 Å². The summed E-state index contributed by atoms with van der Waals surface area (Å²) in [6, 6.07) is 32.2. The fourth-order valence-corrected chi connectivity index (χ4v) is 6.12. The van der Waals surface area contributed by atoms with Gasteiger partial charge in [0, 0.05) is 0 Å². The molecular formula is C30H18. The highest BCUT2D eigenvalue weighted by Gasteiger charge is 2.27. The number of benzene rings is 6. The molecule has 0 radical (unpaired) electrons. The second-order valence-electron chi connectivity index (χ2n) is 8.94. The van der Waals surface area contributed by atoms with E-state index in [1.54, 1.807) is 0 Å². The largest absolute Gasteiger partial charge is 0.0619 e. The van der Waals surface area contributed by atoms with Crippen LogP contribution in [-0.2, 0) is 12.8 Å². The number of hydrogen-bond acceptors (Lipinski definition) is 0. The van der Waals surface area contributed by atoms with Crippen LogP contribution in [0.25, 0.3) is 54.6 Å². The van der Waals surface area contributed by atoms with E-state index in [9.17, 15) is 0 Å². The van der Waals surface area contributed by atoms with Gasteiger partial charge in [-0.3, -0.25) is 0 Å². The standard InChI is InChI=1S/C30H18/c1-2-7-23-19(4-1)12-21-14-26-22(15-25(21)23)16-27-24-11-10-18-6-3-5-17-8-9-20(13-28(26)27)30(24)29(17)18/h1-11,13-15H,12,16H2. The third-order valence-electron chi connectivity index (χ3n) is 7.43. The maximum atomic E-state index is 2.48. The highest BCUT2D eigenvalue weighted by molar-refractivity contribution is 6.25. The summed E-state index contributed by atoms with van der Waals surface area (Å²) in [5.41, 5.74) is 11.7. The van der Waals surface area contributed by atoms with Crippen molar-refractivity contribution in [3.63, 3.8) is 0 Å². The van der Waals surface area contributed by atoms with Crippen LogP contribution in [0.5, 0.6) is 0 Å². The topological polar surface area (TPSA) is 0 Å². The third kappa shape index (κ3) is 1.74. The molecule has 0 aliphatic heterocycles. The Bertz CT molecular complexity index is 1670. The minimum Gasteiger partial charge on any atom is -0.0619 e. The van der Waals surface area contributed by atoms with Crippen LogP contribution in [0.4, 0.5) is 0 Å². The van der Waals surface area contributed by atoms with Gasteiger partial charge >= 0.3 is 0 Å². The molecule has 0 heteroatoms.